The quantitative estimate of drug-likeness (QED) is 0.678. The molecule has 0 unspecified atom stereocenters. The van der Waals surface area contributed by atoms with Crippen LogP contribution in [-0.2, 0) is 14.8 Å². The van der Waals surface area contributed by atoms with Crippen molar-refractivity contribution in [2.24, 2.45) is 0 Å². The third-order valence-electron chi connectivity index (χ3n) is 2.51. The first-order valence-electron chi connectivity index (χ1n) is 9.01. The number of carbonyl (C=O) groups is 1. The van der Waals surface area contributed by atoms with E-state index in [4.69, 9.17) is 0 Å². The van der Waals surface area contributed by atoms with Gasteiger partial charge in [0.25, 0.3) is 10.0 Å². The van der Waals surface area contributed by atoms with Gasteiger partial charge in [0, 0.05) is 14.0 Å². The molecule has 2 aromatic rings. The number of nitrogens with zero attached hydrogens (tertiary/aromatic N) is 1. The van der Waals surface area contributed by atoms with Crippen molar-refractivity contribution in [2.45, 2.75) is 53.4 Å². The zero-order valence-corrected chi connectivity index (χ0v) is 18.2. The summed E-state index contributed by atoms with van der Waals surface area (Å²) >= 11 is 0. The molecule has 0 radical (unpaired) electrons. The van der Waals surface area contributed by atoms with Crippen LogP contribution in [0.1, 0.15) is 48.5 Å². The molecule has 4 nitrogen and oxygen atoms in total. The number of rotatable bonds is 2. The fourth-order valence-corrected chi connectivity index (χ4v) is 2.46. The van der Waals surface area contributed by atoms with Gasteiger partial charge < -0.3 is 0 Å². The van der Waals surface area contributed by atoms with Crippen LogP contribution in [0.25, 0.3) is 0 Å². The summed E-state index contributed by atoms with van der Waals surface area (Å²) in [5.74, 6) is -0.506. The Bertz CT molecular complexity index is 600. The Balaban J connectivity index is -0.000000366. The largest absolute Gasteiger partial charge is 0.274 e. The summed E-state index contributed by atoms with van der Waals surface area (Å²) in [6.45, 7) is 13.2. The van der Waals surface area contributed by atoms with Crippen molar-refractivity contribution in [1.29, 1.82) is 0 Å². The summed E-state index contributed by atoms with van der Waals surface area (Å²) in [5.41, 5.74) is 0. The lowest BCUT2D eigenvalue weighted by Gasteiger charge is -2.14. The number of hydrogen-bond donors (Lipinski definition) is 0. The van der Waals surface area contributed by atoms with E-state index in [1.165, 1.54) is 26.1 Å². The molecule has 0 aliphatic rings. The second-order valence-electron chi connectivity index (χ2n) is 3.96. The van der Waals surface area contributed by atoms with Gasteiger partial charge in [-0.3, -0.25) is 4.79 Å². The van der Waals surface area contributed by atoms with E-state index in [2.05, 4.69) is 0 Å². The van der Waals surface area contributed by atoms with Gasteiger partial charge in [-0.15, -0.1) is 0 Å². The van der Waals surface area contributed by atoms with Crippen LogP contribution in [0.5, 0.6) is 0 Å². The van der Waals surface area contributed by atoms with Gasteiger partial charge in [-0.25, -0.2) is 12.7 Å². The zero-order chi connectivity index (χ0) is 21.0. The third-order valence-corrected chi connectivity index (χ3v) is 4.36. The summed E-state index contributed by atoms with van der Waals surface area (Å²) in [7, 11) is -2.41. The maximum Gasteiger partial charge on any atom is 0.266 e. The molecule has 2 rings (SSSR count). The van der Waals surface area contributed by atoms with Gasteiger partial charge >= 0.3 is 0 Å². The molecule has 148 valence electrons. The summed E-state index contributed by atoms with van der Waals surface area (Å²) in [6, 6.07) is 19.8. The molecule has 1 amide bonds. The molecule has 0 fully saturated rings. The van der Waals surface area contributed by atoms with E-state index < -0.39 is 15.9 Å². The fraction of sp³-hybridized carbons (Fsp3) is 0.381. The molecule has 26 heavy (non-hydrogen) atoms. The van der Waals surface area contributed by atoms with Gasteiger partial charge in [-0.2, -0.15) is 0 Å². The van der Waals surface area contributed by atoms with Gasteiger partial charge in [-0.1, -0.05) is 96.1 Å². The van der Waals surface area contributed by atoms with Crippen molar-refractivity contribution in [3.05, 3.63) is 66.7 Å². The molecule has 0 aliphatic carbocycles. The normalized spacial score (nSPS) is 8.46. The molecular weight excluding hydrogens is 346 g/mol. The third kappa shape index (κ3) is 12.3. The minimum Gasteiger partial charge on any atom is -0.274 e. The highest BCUT2D eigenvalue weighted by molar-refractivity contribution is 7.89. The molecule has 0 saturated carbocycles. The van der Waals surface area contributed by atoms with Crippen LogP contribution >= 0.6 is 0 Å². The minimum absolute atomic E-state index is 0.123. The maximum absolute atomic E-state index is 11.7. The topological polar surface area (TPSA) is 54.5 Å². The van der Waals surface area contributed by atoms with E-state index in [-0.39, 0.29) is 4.90 Å². The molecule has 0 bridgehead atoms. The molecule has 0 heterocycles. The van der Waals surface area contributed by atoms with E-state index in [0.29, 0.717) is 0 Å². The second-order valence-corrected chi connectivity index (χ2v) is 5.93. The van der Waals surface area contributed by atoms with Crippen LogP contribution in [0.4, 0.5) is 0 Å². The van der Waals surface area contributed by atoms with Crippen molar-refractivity contribution in [3.63, 3.8) is 0 Å². The number of benzene rings is 2. The molecule has 0 N–H and O–H groups in total. The van der Waals surface area contributed by atoms with Crippen molar-refractivity contribution in [1.82, 2.24) is 4.31 Å². The number of carbonyl (C=O) groups excluding carboxylic acids is 1. The van der Waals surface area contributed by atoms with Crippen molar-refractivity contribution in [2.75, 3.05) is 7.05 Å². The van der Waals surface area contributed by atoms with Crippen LogP contribution in [-0.4, -0.2) is 25.7 Å². The van der Waals surface area contributed by atoms with E-state index in [1.54, 1.807) is 18.2 Å². The Labute approximate surface area is 160 Å². The van der Waals surface area contributed by atoms with Gasteiger partial charge in [0.05, 0.1) is 4.90 Å². The Morgan fingerprint density at radius 2 is 0.962 bits per heavy atom. The summed E-state index contributed by atoms with van der Waals surface area (Å²) in [5, 5.41) is 0. The van der Waals surface area contributed by atoms with Gasteiger partial charge in [0.15, 0.2) is 0 Å². The second kappa shape index (κ2) is 19.2. The van der Waals surface area contributed by atoms with Crippen LogP contribution < -0.4 is 0 Å². The average molecular weight is 382 g/mol. The Kier molecular flexibility index (Phi) is 21.1. The SMILES string of the molecule is CC.CC.CC.CC(=O)N(C)S(=O)(=O)c1ccccc1.c1ccccc1. The summed E-state index contributed by atoms with van der Waals surface area (Å²) in [4.78, 5) is 11.0. The summed E-state index contributed by atoms with van der Waals surface area (Å²) < 4.78 is 24.1. The standard InChI is InChI=1S/C9H11NO3S.C6H6.3C2H6/c1-8(11)10(2)14(12,13)9-6-4-3-5-7-9;1-2-4-6-5-3-1;3*1-2/h3-7H,1-2H3;1-6H;3*1-2H3. The Morgan fingerprint density at radius 1 is 0.692 bits per heavy atom. The van der Waals surface area contributed by atoms with Gasteiger partial charge in [0.1, 0.15) is 0 Å². The van der Waals surface area contributed by atoms with Crippen LogP contribution in [0, 0.1) is 0 Å². The van der Waals surface area contributed by atoms with Crippen molar-refractivity contribution in [3.8, 4) is 0 Å². The maximum atomic E-state index is 11.7. The first-order valence-corrected chi connectivity index (χ1v) is 10.4. The first kappa shape index (κ1) is 28.7. The lowest BCUT2D eigenvalue weighted by atomic mass is 10.4. The van der Waals surface area contributed by atoms with Crippen LogP contribution in [0.15, 0.2) is 71.6 Å². The lowest BCUT2D eigenvalue weighted by molar-refractivity contribution is -0.123. The first-order chi connectivity index (χ1) is 12.5. The fourth-order valence-electron chi connectivity index (χ4n) is 1.30. The predicted molar refractivity (Wildman–Crippen MR) is 113 cm³/mol. The monoisotopic (exact) mass is 381 g/mol. The lowest BCUT2D eigenvalue weighted by Crippen LogP contribution is -2.31. The minimum atomic E-state index is -3.65. The van der Waals surface area contributed by atoms with E-state index in [1.807, 2.05) is 77.9 Å². The molecule has 5 heteroatoms. The van der Waals surface area contributed by atoms with Crippen LogP contribution in [0.2, 0.25) is 0 Å². The number of amides is 1. The molecule has 0 aliphatic heterocycles. The van der Waals surface area contributed by atoms with Gasteiger partial charge in [-0.05, 0) is 12.1 Å². The highest BCUT2D eigenvalue weighted by Gasteiger charge is 2.21. The van der Waals surface area contributed by atoms with Crippen LogP contribution in [0.3, 0.4) is 0 Å². The molecule has 2 aromatic carbocycles. The molecule has 0 atom stereocenters. The molecule has 0 aromatic heterocycles. The summed E-state index contributed by atoms with van der Waals surface area (Å²) in [6.07, 6.45) is 0. The average Bonchev–Trinajstić information content (AvgIpc) is 2.74. The number of sulfonamides is 1. The predicted octanol–water partition coefficient (Wildman–Crippen LogP) is 5.62. The highest BCUT2D eigenvalue weighted by atomic mass is 32.2. The van der Waals surface area contributed by atoms with Gasteiger partial charge in [0.2, 0.25) is 5.91 Å². The van der Waals surface area contributed by atoms with Crippen molar-refractivity contribution >= 4 is 15.9 Å². The van der Waals surface area contributed by atoms with E-state index in [0.717, 1.165) is 4.31 Å². The molecule has 0 spiro atoms. The zero-order valence-electron chi connectivity index (χ0n) is 17.4. The smallest absolute Gasteiger partial charge is 0.266 e. The van der Waals surface area contributed by atoms with E-state index >= 15 is 0 Å². The van der Waals surface area contributed by atoms with Crippen molar-refractivity contribution < 1.29 is 13.2 Å². The Morgan fingerprint density at radius 3 is 1.23 bits per heavy atom. The highest BCUT2D eigenvalue weighted by Crippen LogP contribution is 2.12. The molecule has 0 saturated heterocycles. The molecular formula is C21H35NO3S. The van der Waals surface area contributed by atoms with E-state index in [9.17, 15) is 13.2 Å². The number of hydrogen-bond acceptors (Lipinski definition) is 3. The Hall–Kier alpha value is -2.14.